The van der Waals surface area contributed by atoms with E-state index in [0.717, 1.165) is 27.4 Å². The van der Waals surface area contributed by atoms with Gasteiger partial charge in [-0.15, -0.1) is 11.3 Å². The van der Waals surface area contributed by atoms with Crippen molar-refractivity contribution in [3.63, 3.8) is 0 Å². The number of thiophene rings is 1. The number of hydrogen-bond donors (Lipinski definition) is 2. The number of hydrogen-bond acceptors (Lipinski definition) is 5. The summed E-state index contributed by atoms with van der Waals surface area (Å²) in [6.07, 6.45) is 0.927. The van der Waals surface area contributed by atoms with Gasteiger partial charge in [-0.2, -0.15) is 0 Å². The second-order valence-electron chi connectivity index (χ2n) is 6.82. The van der Waals surface area contributed by atoms with Crippen LogP contribution in [0.15, 0.2) is 65.5 Å². The molecule has 0 aliphatic heterocycles. The summed E-state index contributed by atoms with van der Waals surface area (Å²) >= 11 is 1.55. The summed E-state index contributed by atoms with van der Waals surface area (Å²) in [5.74, 6) is 1.49. The second-order valence-corrected chi connectivity index (χ2v) is 7.85. The van der Waals surface area contributed by atoms with Gasteiger partial charge in [0.25, 0.3) is 5.56 Å². The molecule has 4 rings (SSSR count). The highest BCUT2D eigenvalue weighted by molar-refractivity contribution is 7.21. The molecular formula is C23H23N3O2S. The van der Waals surface area contributed by atoms with Crippen molar-refractivity contribution in [2.45, 2.75) is 25.9 Å². The average molecular weight is 406 g/mol. The van der Waals surface area contributed by atoms with E-state index in [1.165, 1.54) is 5.56 Å². The van der Waals surface area contributed by atoms with Crippen LogP contribution < -0.4 is 15.6 Å². The Balaban J connectivity index is 1.55. The first kappa shape index (κ1) is 19.4. The monoisotopic (exact) mass is 405 g/mol. The maximum atomic E-state index is 12.6. The molecule has 29 heavy (non-hydrogen) atoms. The number of nitrogens with zero attached hydrogens (tertiary/aromatic N) is 1. The predicted molar refractivity (Wildman–Crippen MR) is 119 cm³/mol. The third-order valence-corrected chi connectivity index (χ3v) is 6.03. The molecule has 0 saturated carbocycles. The topological polar surface area (TPSA) is 67.0 Å². The maximum absolute atomic E-state index is 12.6. The molecule has 0 bridgehead atoms. The van der Waals surface area contributed by atoms with E-state index in [1.54, 1.807) is 18.4 Å². The summed E-state index contributed by atoms with van der Waals surface area (Å²) in [6.45, 7) is 2.63. The standard InChI is InChI=1S/C23H23N3O2S/c1-3-19(15-9-11-17(28-2)12-10-15)24-14-21-25-22(27)18-13-20(29-23(18)26-21)16-7-5-4-6-8-16/h4-13,19,24H,3,14H2,1-2H3,(H,25,26,27)/t19-/m1/s1. The highest BCUT2D eigenvalue weighted by Crippen LogP contribution is 2.30. The molecule has 2 N–H and O–H groups in total. The third-order valence-electron chi connectivity index (χ3n) is 4.95. The Morgan fingerprint density at radius 2 is 1.90 bits per heavy atom. The van der Waals surface area contributed by atoms with Crippen LogP contribution in [0.5, 0.6) is 5.75 Å². The fourth-order valence-corrected chi connectivity index (χ4v) is 4.41. The van der Waals surface area contributed by atoms with Gasteiger partial charge in [-0.1, -0.05) is 49.4 Å². The molecule has 0 radical (unpaired) electrons. The fraction of sp³-hybridized carbons (Fsp3) is 0.217. The molecule has 1 atom stereocenters. The van der Waals surface area contributed by atoms with Gasteiger partial charge < -0.3 is 15.0 Å². The molecule has 0 spiro atoms. The molecular weight excluding hydrogens is 382 g/mol. The minimum absolute atomic E-state index is 0.0947. The molecule has 0 saturated heterocycles. The molecule has 2 heterocycles. The quantitative estimate of drug-likeness (QED) is 0.459. The first-order chi connectivity index (χ1) is 14.2. The molecule has 0 fully saturated rings. The van der Waals surface area contributed by atoms with Gasteiger partial charge >= 0.3 is 0 Å². The summed E-state index contributed by atoms with van der Waals surface area (Å²) in [5, 5.41) is 4.14. The molecule has 0 unspecified atom stereocenters. The summed E-state index contributed by atoms with van der Waals surface area (Å²) in [6, 6.07) is 20.2. The van der Waals surface area contributed by atoms with Crippen LogP contribution in [0.25, 0.3) is 20.7 Å². The minimum atomic E-state index is -0.0947. The minimum Gasteiger partial charge on any atom is -0.497 e. The van der Waals surface area contributed by atoms with Crippen molar-refractivity contribution in [2.75, 3.05) is 7.11 Å². The third kappa shape index (κ3) is 4.23. The van der Waals surface area contributed by atoms with E-state index in [1.807, 2.05) is 48.5 Å². The molecule has 4 aromatic rings. The summed E-state index contributed by atoms with van der Waals surface area (Å²) in [5.41, 5.74) is 2.18. The summed E-state index contributed by atoms with van der Waals surface area (Å²) in [7, 11) is 1.66. The average Bonchev–Trinajstić information content (AvgIpc) is 3.20. The number of aromatic nitrogens is 2. The lowest BCUT2D eigenvalue weighted by molar-refractivity contribution is 0.414. The Kier molecular flexibility index (Phi) is 5.74. The molecule has 0 aliphatic rings. The van der Waals surface area contributed by atoms with Crippen molar-refractivity contribution in [2.24, 2.45) is 0 Å². The summed E-state index contributed by atoms with van der Waals surface area (Å²) < 4.78 is 5.23. The van der Waals surface area contributed by atoms with Crippen LogP contribution in [0, 0.1) is 0 Å². The van der Waals surface area contributed by atoms with E-state index in [9.17, 15) is 4.79 Å². The van der Waals surface area contributed by atoms with Crippen molar-refractivity contribution >= 4 is 21.6 Å². The van der Waals surface area contributed by atoms with Gasteiger partial charge in [0.1, 0.15) is 16.4 Å². The maximum Gasteiger partial charge on any atom is 0.259 e. The normalized spacial score (nSPS) is 12.2. The molecule has 5 nitrogen and oxygen atoms in total. The lowest BCUT2D eigenvalue weighted by Gasteiger charge is -2.17. The molecule has 2 aromatic heterocycles. The number of benzene rings is 2. The first-order valence-electron chi connectivity index (χ1n) is 9.63. The molecule has 0 aliphatic carbocycles. The Hall–Kier alpha value is -2.96. The van der Waals surface area contributed by atoms with Crippen molar-refractivity contribution in [1.82, 2.24) is 15.3 Å². The van der Waals surface area contributed by atoms with E-state index >= 15 is 0 Å². The van der Waals surface area contributed by atoms with Gasteiger partial charge in [0.2, 0.25) is 0 Å². The Morgan fingerprint density at radius 1 is 1.14 bits per heavy atom. The van der Waals surface area contributed by atoms with Gasteiger partial charge in [-0.05, 0) is 35.7 Å². The highest BCUT2D eigenvalue weighted by Gasteiger charge is 2.13. The molecule has 148 valence electrons. The molecule has 6 heteroatoms. The number of fused-ring (bicyclic) bond motifs is 1. The lowest BCUT2D eigenvalue weighted by atomic mass is 10.0. The number of H-pyrrole nitrogens is 1. The zero-order chi connectivity index (χ0) is 20.2. The van der Waals surface area contributed by atoms with E-state index in [2.05, 4.69) is 34.3 Å². The first-order valence-corrected chi connectivity index (χ1v) is 10.4. The van der Waals surface area contributed by atoms with Crippen molar-refractivity contribution < 1.29 is 4.74 Å². The van der Waals surface area contributed by atoms with Crippen LogP contribution in [0.3, 0.4) is 0 Å². The number of aromatic amines is 1. The number of methoxy groups -OCH3 is 1. The van der Waals surface area contributed by atoms with Gasteiger partial charge in [-0.3, -0.25) is 4.79 Å². The Labute approximate surface area is 173 Å². The van der Waals surface area contributed by atoms with Crippen LogP contribution in [0.1, 0.15) is 30.8 Å². The van der Waals surface area contributed by atoms with E-state index < -0.39 is 0 Å². The van der Waals surface area contributed by atoms with Crippen LogP contribution in [0.4, 0.5) is 0 Å². The molecule has 2 aromatic carbocycles. The zero-order valence-electron chi connectivity index (χ0n) is 16.4. The Bertz CT molecular complexity index is 1150. The zero-order valence-corrected chi connectivity index (χ0v) is 17.3. The smallest absolute Gasteiger partial charge is 0.259 e. The van der Waals surface area contributed by atoms with Gasteiger partial charge in [0.15, 0.2) is 0 Å². The van der Waals surface area contributed by atoms with Gasteiger partial charge in [-0.25, -0.2) is 4.98 Å². The summed E-state index contributed by atoms with van der Waals surface area (Å²) in [4.78, 5) is 22.0. The van der Waals surface area contributed by atoms with Crippen LogP contribution in [0.2, 0.25) is 0 Å². The van der Waals surface area contributed by atoms with Crippen LogP contribution in [-0.4, -0.2) is 17.1 Å². The lowest BCUT2D eigenvalue weighted by Crippen LogP contribution is -2.23. The number of ether oxygens (including phenoxy) is 1. The van der Waals surface area contributed by atoms with Crippen LogP contribution in [-0.2, 0) is 6.54 Å². The van der Waals surface area contributed by atoms with Crippen molar-refractivity contribution in [3.8, 4) is 16.2 Å². The van der Waals surface area contributed by atoms with Crippen molar-refractivity contribution in [3.05, 3.63) is 82.4 Å². The van der Waals surface area contributed by atoms with E-state index in [4.69, 9.17) is 4.74 Å². The van der Waals surface area contributed by atoms with E-state index in [0.29, 0.717) is 17.8 Å². The number of nitrogens with one attached hydrogen (secondary N) is 2. The number of rotatable bonds is 7. The van der Waals surface area contributed by atoms with Gasteiger partial charge in [0, 0.05) is 10.9 Å². The van der Waals surface area contributed by atoms with E-state index in [-0.39, 0.29) is 11.6 Å². The van der Waals surface area contributed by atoms with Crippen molar-refractivity contribution in [1.29, 1.82) is 0 Å². The highest BCUT2D eigenvalue weighted by atomic mass is 32.1. The molecule has 0 amide bonds. The SMILES string of the molecule is CC[C@@H](NCc1nc2sc(-c3ccccc3)cc2c(=O)[nH]1)c1ccc(OC)cc1. The van der Waals surface area contributed by atoms with Gasteiger partial charge in [0.05, 0.1) is 19.0 Å². The fourth-order valence-electron chi connectivity index (χ4n) is 3.36. The predicted octanol–water partition coefficient (Wildman–Crippen LogP) is 4.90. The van der Waals surface area contributed by atoms with Crippen LogP contribution >= 0.6 is 11.3 Å². The largest absolute Gasteiger partial charge is 0.497 e. The Morgan fingerprint density at radius 3 is 2.59 bits per heavy atom. The second kappa shape index (κ2) is 8.59.